The smallest absolute Gasteiger partial charge is 0.282 e. The number of carbonyl (C=O) groups excluding carboxylic acids is 1. The molecule has 42 heavy (non-hydrogen) atoms. The number of Topliss-reactive ketones (excluding diaryl/α,β-unsaturated/α-hetero) is 1. The molecular weight excluding hydrogens is 546 g/mol. The molecule has 4 aromatic rings. The van der Waals surface area contributed by atoms with Gasteiger partial charge in [-0.2, -0.15) is 5.10 Å². The lowest BCUT2D eigenvalue weighted by atomic mass is 9.87. The van der Waals surface area contributed by atoms with Gasteiger partial charge in [0.25, 0.3) is 6.43 Å². The number of allylic oxidation sites excluding steroid dienone is 1. The van der Waals surface area contributed by atoms with Gasteiger partial charge in [-0.1, -0.05) is 12.2 Å². The van der Waals surface area contributed by atoms with Crippen molar-refractivity contribution in [1.82, 2.24) is 24.7 Å². The molecule has 3 aliphatic carbocycles. The van der Waals surface area contributed by atoms with E-state index >= 15 is 0 Å². The van der Waals surface area contributed by atoms with Crippen LogP contribution < -0.4 is 0 Å². The lowest BCUT2D eigenvalue weighted by molar-refractivity contribution is -0.120. The summed E-state index contributed by atoms with van der Waals surface area (Å²) in [4.78, 5) is 27.0. The molecule has 0 saturated heterocycles. The quantitative estimate of drug-likeness (QED) is 0.212. The summed E-state index contributed by atoms with van der Waals surface area (Å²) in [5.41, 5.74) is 5.42. The molecule has 0 bridgehead atoms. The van der Waals surface area contributed by atoms with Gasteiger partial charge in [0.1, 0.15) is 23.7 Å². The highest BCUT2D eigenvalue weighted by Crippen LogP contribution is 2.55. The summed E-state index contributed by atoms with van der Waals surface area (Å²) in [6, 6.07) is 5.28. The number of halogens is 4. The number of hydrogen-bond acceptors (Lipinski definition) is 5. The summed E-state index contributed by atoms with van der Waals surface area (Å²) in [5.74, 6) is -1.60. The first kappa shape index (κ1) is 26.7. The molecule has 0 N–H and O–H groups in total. The van der Waals surface area contributed by atoms with E-state index in [9.17, 15) is 22.4 Å². The highest BCUT2D eigenvalue weighted by atomic mass is 19.3. The Kier molecular flexibility index (Phi) is 6.71. The van der Waals surface area contributed by atoms with Gasteiger partial charge in [0, 0.05) is 65.5 Å². The fraction of sp³-hybridized carbons (Fsp3) is 0.344. The summed E-state index contributed by atoms with van der Waals surface area (Å²) in [5, 5.41) is 4.20. The van der Waals surface area contributed by atoms with Crippen LogP contribution in [0.3, 0.4) is 0 Å². The van der Waals surface area contributed by atoms with Crippen LogP contribution in [-0.2, 0) is 30.6 Å². The molecule has 6 nitrogen and oxygen atoms in total. The molecular formula is C32H27F4N5O. The summed E-state index contributed by atoms with van der Waals surface area (Å²) < 4.78 is 57.4. The van der Waals surface area contributed by atoms with Crippen molar-refractivity contribution in [2.24, 2.45) is 5.92 Å². The second-order valence-electron chi connectivity index (χ2n) is 11.5. The minimum atomic E-state index is -2.71. The molecule has 3 aliphatic rings. The van der Waals surface area contributed by atoms with Crippen molar-refractivity contribution >= 4 is 11.9 Å². The van der Waals surface area contributed by atoms with E-state index in [-0.39, 0.29) is 36.8 Å². The first-order chi connectivity index (χ1) is 20.3. The first-order valence-electron chi connectivity index (χ1n) is 14.1. The van der Waals surface area contributed by atoms with Crippen molar-refractivity contribution in [2.45, 2.75) is 63.3 Å². The van der Waals surface area contributed by atoms with E-state index in [1.54, 1.807) is 12.4 Å². The number of rotatable bonds is 9. The Morgan fingerprint density at radius 3 is 2.69 bits per heavy atom. The van der Waals surface area contributed by atoms with Crippen LogP contribution in [0.5, 0.6) is 0 Å². The van der Waals surface area contributed by atoms with E-state index in [1.165, 1.54) is 23.1 Å². The zero-order valence-electron chi connectivity index (χ0n) is 22.6. The molecule has 0 amide bonds. The summed E-state index contributed by atoms with van der Waals surface area (Å²) >= 11 is 0. The van der Waals surface area contributed by atoms with Crippen LogP contribution in [0.2, 0.25) is 0 Å². The highest BCUT2D eigenvalue weighted by Gasteiger charge is 2.46. The standard InChI is InChI=1S/C32H27F4N5O/c33-22-7-17(8-23(34)12-22)6-20(29-27(14-37-16-39-29)21-9-19-2-1-3-28(19)38-13-21)10-24(42)15-41-31-25(30(40-41)32(35)36)5-4-18-11-26(18)31/h1-2,7-9,12-14,16,18,20,26,32H,3-6,10-11,15H2/t18-,20-,26+/m0/s1. The van der Waals surface area contributed by atoms with Gasteiger partial charge >= 0.3 is 0 Å². The Balaban J connectivity index is 1.23. The van der Waals surface area contributed by atoms with Crippen molar-refractivity contribution in [3.63, 3.8) is 0 Å². The van der Waals surface area contributed by atoms with Crippen LogP contribution in [0.15, 0.2) is 49.1 Å². The van der Waals surface area contributed by atoms with Crippen molar-refractivity contribution in [2.75, 3.05) is 0 Å². The average Bonchev–Trinajstić information content (AvgIpc) is 3.43. The van der Waals surface area contributed by atoms with Gasteiger partial charge in [0.15, 0.2) is 5.78 Å². The number of carbonyl (C=O) groups is 1. The minimum absolute atomic E-state index is 0.0346. The van der Waals surface area contributed by atoms with E-state index in [2.05, 4.69) is 20.1 Å². The molecule has 1 saturated carbocycles. The third kappa shape index (κ3) is 5.03. The second kappa shape index (κ2) is 10.6. The fourth-order valence-electron chi connectivity index (χ4n) is 6.67. The third-order valence-corrected chi connectivity index (χ3v) is 8.63. The van der Waals surface area contributed by atoms with E-state index in [4.69, 9.17) is 0 Å². The lowest BCUT2D eigenvalue weighted by Gasteiger charge is -2.20. The Labute approximate surface area is 239 Å². The topological polar surface area (TPSA) is 73.6 Å². The molecule has 3 aromatic heterocycles. The Morgan fingerprint density at radius 2 is 1.88 bits per heavy atom. The van der Waals surface area contributed by atoms with Gasteiger partial charge in [-0.3, -0.25) is 14.5 Å². The van der Waals surface area contributed by atoms with Gasteiger partial charge in [-0.15, -0.1) is 0 Å². The summed E-state index contributed by atoms with van der Waals surface area (Å²) in [6.45, 7) is -0.155. The van der Waals surface area contributed by atoms with Gasteiger partial charge in [-0.25, -0.2) is 27.5 Å². The molecule has 0 spiro atoms. The van der Waals surface area contributed by atoms with Crippen LogP contribution in [0.25, 0.3) is 17.2 Å². The predicted molar refractivity (Wildman–Crippen MR) is 147 cm³/mol. The van der Waals surface area contributed by atoms with Crippen LogP contribution in [0, 0.1) is 17.6 Å². The van der Waals surface area contributed by atoms with Gasteiger partial charge in [0.05, 0.1) is 17.9 Å². The number of hydrogen-bond donors (Lipinski definition) is 0. The molecule has 0 radical (unpaired) electrons. The number of alkyl halides is 2. The fourth-order valence-corrected chi connectivity index (χ4v) is 6.67. The number of ketones is 1. The van der Waals surface area contributed by atoms with Crippen LogP contribution >= 0.6 is 0 Å². The summed E-state index contributed by atoms with van der Waals surface area (Å²) in [6.07, 6.45) is 9.29. The monoisotopic (exact) mass is 573 g/mol. The number of aromatic nitrogens is 5. The molecule has 0 aliphatic heterocycles. The van der Waals surface area contributed by atoms with Gasteiger partial charge < -0.3 is 0 Å². The Morgan fingerprint density at radius 1 is 1.05 bits per heavy atom. The van der Waals surface area contributed by atoms with E-state index in [1.807, 2.05) is 18.2 Å². The third-order valence-electron chi connectivity index (χ3n) is 8.63. The SMILES string of the molecule is O=C(C[C@H](Cc1cc(F)cc(F)c1)c1ncncc1-c1cnc2c(c1)C=CC2)Cn1nc(C(F)F)c2c1[C@@H]1C[C@@H]1CC2. The van der Waals surface area contributed by atoms with Crippen molar-refractivity contribution in [3.8, 4) is 11.1 Å². The van der Waals surface area contributed by atoms with E-state index < -0.39 is 24.0 Å². The highest BCUT2D eigenvalue weighted by molar-refractivity contribution is 5.80. The van der Waals surface area contributed by atoms with Crippen molar-refractivity contribution in [3.05, 3.63) is 100 Å². The molecule has 1 fully saturated rings. The number of nitrogens with zero attached hydrogens (tertiary/aromatic N) is 5. The second-order valence-corrected chi connectivity index (χ2v) is 11.5. The van der Waals surface area contributed by atoms with Crippen molar-refractivity contribution < 1.29 is 22.4 Å². The maximum Gasteiger partial charge on any atom is 0.282 e. The summed E-state index contributed by atoms with van der Waals surface area (Å²) in [7, 11) is 0. The predicted octanol–water partition coefficient (Wildman–Crippen LogP) is 6.56. The number of pyridine rings is 1. The minimum Gasteiger partial charge on any atom is -0.298 e. The zero-order chi connectivity index (χ0) is 29.0. The van der Waals surface area contributed by atoms with Gasteiger partial charge in [-0.05, 0) is 60.9 Å². The Bertz CT molecular complexity index is 1710. The number of benzene rings is 1. The van der Waals surface area contributed by atoms with Crippen molar-refractivity contribution in [1.29, 1.82) is 0 Å². The lowest BCUT2D eigenvalue weighted by Crippen LogP contribution is -2.19. The molecule has 214 valence electrons. The molecule has 3 atom stereocenters. The molecule has 10 heteroatoms. The van der Waals surface area contributed by atoms with E-state index in [0.717, 1.165) is 47.8 Å². The first-order valence-corrected chi connectivity index (χ1v) is 14.1. The maximum absolute atomic E-state index is 14.2. The maximum atomic E-state index is 14.2. The number of fused-ring (bicyclic) bond motifs is 4. The van der Waals surface area contributed by atoms with Gasteiger partial charge in [0.2, 0.25) is 0 Å². The van der Waals surface area contributed by atoms with Crippen LogP contribution in [0.1, 0.15) is 77.0 Å². The Hall–Kier alpha value is -4.21. The van der Waals surface area contributed by atoms with Crippen LogP contribution in [-0.4, -0.2) is 30.5 Å². The zero-order valence-corrected chi connectivity index (χ0v) is 22.6. The molecule has 3 heterocycles. The van der Waals surface area contributed by atoms with E-state index in [0.29, 0.717) is 34.7 Å². The average molecular weight is 574 g/mol. The molecule has 7 rings (SSSR count). The van der Waals surface area contributed by atoms with Crippen LogP contribution in [0.4, 0.5) is 17.6 Å². The normalized spacial score (nSPS) is 19.0. The molecule has 0 unspecified atom stereocenters. The largest absolute Gasteiger partial charge is 0.298 e. The molecule has 1 aromatic carbocycles.